The van der Waals surface area contributed by atoms with Crippen molar-refractivity contribution in [2.75, 3.05) is 16.4 Å². The molecule has 0 heterocycles. The highest BCUT2D eigenvalue weighted by molar-refractivity contribution is 7.93. The predicted molar refractivity (Wildman–Crippen MR) is 112 cm³/mol. The van der Waals surface area contributed by atoms with Gasteiger partial charge in [0, 0.05) is 11.4 Å². The highest BCUT2D eigenvalue weighted by Crippen LogP contribution is 2.17. The van der Waals surface area contributed by atoms with Crippen molar-refractivity contribution in [1.29, 1.82) is 0 Å². The molecule has 150 valence electrons. The maximum Gasteiger partial charge on any atom is 0.242 e. The minimum absolute atomic E-state index is 0.0801. The van der Waals surface area contributed by atoms with Gasteiger partial charge >= 0.3 is 0 Å². The fourth-order valence-corrected chi connectivity index (χ4v) is 4.52. The number of rotatable bonds is 7. The van der Waals surface area contributed by atoms with Crippen LogP contribution in [-0.2, 0) is 19.4 Å². The van der Waals surface area contributed by atoms with Crippen molar-refractivity contribution in [1.82, 2.24) is 0 Å². The molecule has 1 atom stereocenters. The zero-order valence-corrected chi connectivity index (χ0v) is 17.4. The second-order valence-corrected chi connectivity index (χ2v) is 9.17. The van der Waals surface area contributed by atoms with Crippen molar-refractivity contribution in [3.63, 3.8) is 0 Å². The number of carbonyl (C=O) groups excluding carboxylic acids is 2. The Bertz CT molecular complexity index is 946. The van der Waals surface area contributed by atoms with Gasteiger partial charge in [-0.3, -0.25) is 9.59 Å². The third-order valence-corrected chi connectivity index (χ3v) is 6.33. The van der Waals surface area contributed by atoms with Crippen LogP contribution in [0.5, 0.6) is 0 Å². The smallest absolute Gasteiger partial charge is 0.242 e. The summed E-state index contributed by atoms with van der Waals surface area (Å²) in [7, 11) is -3.96. The van der Waals surface area contributed by atoms with E-state index in [1.54, 1.807) is 31.2 Å². The molecule has 0 fully saturated rings. The summed E-state index contributed by atoms with van der Waals surface area (Å²) in [6, 6.07) is 12.5. The van der Waals surface area contributed by atoms with E-state index in [-0.39, 0.29) is 6.42 Å². The Labute approximate surface area is 166 Å². The van der Waals surface area contributed by atoms with Gasteiger partial charge < -0.3 is 10.6 Å². The van der Waals surface area contributed by atoms with Crippen LogP contribution < -0.4 is 10.6 Å². The van der Waals surface area contributed by atoms with E-state index >= 15 is 0 Å². The maximum absolute atomic E-state index is 12.7. The SMILES string of the molecule is CCC(C(=O)Nc1cc(C)cc(C)c1)S(=O)(=O)CC(=O)Nc1ccc(C)cc1. The van der Waals surface area contributed by atoms with Crippen LogP contribution in [0.2, 0.25) is 0 Å². The van der Waals surface area contributed by atoms with Gasteiger partial charge in [-0.05, 0) is 62.6 Å². The van der Waals surface area contributed by atoms with E-state index in [0.29, 0.717) is 11.4 Å². The zero-order valence-electron chi connectivity index (χ0n) is 16.6. The fourth-order valence-electron chi connectivity index (χ4n) is 2.99. The molecular formula is C21H26N2O4S. The summed E-state index contributed by atoms with van der Waals surface area (Å²) in [4.78, 5) is 24.7. The average Bonchev–Trinajstić information content (AvgIpc) is 2.55. The van der Waals surface area contributed by atoms with Crippen molar-refractivity contribution in [3.05, 3.63) is 59.2 Å². The highest BCUT2D eigenvalue weighted by Gasteiger charge is 2.33. The van der Waals surface area contributed by atoms with Gasteiger partial charge in [-0.15, -0.1) is 0 Å². The van der Waals surface area contributed by atoms with Crippen molar-refractivity contribution in [3.8, 4) is 0 Å². The summed E-state index contributed by atoms with van der Waals surface area (Å²) >= 11 is 0. The van der Waals surface area contributed by atoms with Crippen molar-refractivity contribution in [2.45, 2.75) is 39.4 Å². The molecule has 2 aromatic carbocycles. The van der Waals surface area contributed by atoms with E-state index < -0.39 is 32.7 Å². The third kappa shape index (κ3) is 5.92. The molecule has 0 saturated heterocycles. The van der Waals surface area contributed by atoms with E-state index in [0.717, 1.165) is 16.7 Å². The molecule has 0 radical (unpaired) electrons. The Kier molecular flexibility index (Phi) is 6.96. The van der Waals surface area contributed by atoms with E-state index in [4.69, 9.17) is 0 Å². The Morgan fingerprint density at radius 1 is 0.857 bits per heavy atom. The lowest BCUT2D eigenvalue weighted by Crippen LogP contribution is -2.39. The monoisotopic (exact) mass is 402 g/mol. The van der Waals surface area contributed by atoms with Crippen molar-refractivity contribution >= 4 is 33.0 Å². The molecule has 28 heavy (non-hydrogen) atoms. The minimum Gasteiger partial charge on any atom is -0.325 e. The van der Waals surface area contributed by atoms with Gasteiger partial charge in [-0.2, -0.15) is 0 Å². The lowest BCUT2D eigenvalue weighted by atomic mass is 10.1. The standard InChI is InChI=1S/C21H26N2O4S/c1-5-19(21(25)23-18-11-15(3)10-16(4)12-18)28(26,27)13-20(24)22-17-8-6-14(2)7-9-17/h6-12,19H,5,13H2,1-4H3,(H,22,24)(H,23,25). The first-order valence-corrected chi connectivity index (χ1v) is 10.8. The summed E-state index contributed by atoms with van der Waals surface area (Å²) < 4.78 is 25.3. The van der Waals surface area contributed by atoms with E-state index in [1.165, 1.54) is 0 Å². The number of benzene rings is 2. The second kappa shape index (κ2) is 9.01. The molecule has 2 amide bonds. The van der Waals surface area contributed by atoms with Gasteiger partial charge in [0.2, 0.25) is 11.8 Å². The van der Waals surface area contributed by atoms with E-state index in [1.807, 2.05) is 39.0 Å². The highest BCUT2D eigenvalue weighted by atomic mass is 32.2. The largest absolute Gasteiger partial charge is 0.325 e. The third-order valence-electron chi connectivity index (χ3n) is 4.25. The van der Waals surface area contributed by atoms with E-state index in [2.05, 4.69) is 10.6 Å². The number of nitrogens with one attached hydrogen (secondary N) is 2. The van der Waals surface area contributed by atoms with Gasteiger partial charge in [0.05, 0.1) is 0 Å². The predicted octanol–water partition coefficient (Wildman–Crippen LogP) is 3.38. The summed E-state index contributed by atoms with van der Waals surface area (Å²) in [5, 5.41) is 3.92. The minimum atomic E-state index is -3.96. The van der Waals surface area contributed by atoms with Crippen molar-refractivity contribution < 1.29 is 18.0 Å². The molecule has 7 heteroatoms. The molecule has 0 spiro atoms. The molecule has 0 aromatic heterocycles. The number of amides is 2. The molecule has 6 nitrogen and oxygen atoms in total. The Hall–Kier alpha value is -2.67. The fraction of sp³-hybridized carbons (Fsp3) is 0.333. The first kappa shape index (κ1) is 21.6. The Morgan fingerprint density at radius 2 is 1.43 bits per heavy atom. The summed E-state index contributed by atoms with van der Waals surface area (Å²) in [5.74, 6) is -2.04. The van der Waals surface area contributed by atoms with Gasteiger partial charge in [0.1, 0.15) is 11.0 Å². The van der Waals surface area contributed by atoms with Crippen LogP contribution in [0.4, 0.5) is 11.4 Å². The topological polar surface area (TPSA) is 92.3 Å². The molecule has 0 aliphatic carbocycles. The average molecular weight is 403 g/mol. The molecule has 1 unspecified atom stereocenters. The molecule has 0 saturated carbocycles. The first-order chi connectivity index (χ1) is 13.1. The van der Waals surface area contributed by atoms with Crippen LogP contribution in [0.25, 0.3) is 0 Å². The van der Waals surface area contributed by atoms with Crippen LogP contribution in [0.1, 0.15) is 30.0 Å². The van der Waals surface area contributed by atoms with Gasteiger partial charge in [-0.1, -0.05) is 30.7 Å². The number of aryl methyl sites for hydroxylation is 3. The van der Waals surface area contributed by atoms with Crippen LogP contribution >= 0.6 is 0 Å². The summed E-state index contributed by atoms with van der Waals surface area (Å²) in [6.07, 6.45) is 0.0801. The van der Waals surface area contributed by atoms with Gasteiger partial charge in [-0.25, -0.2) is 8.42 Å². The van der Waals surface area contributed by atoms with Crippen molar-refractivity contribution in [2.24, 2.45) is 0 Å². The molecule has 2 rings (SSSR count). The van der Waals surface area contributed by atoms with Crippen LogP contribution in [-0.4, -0.2) is 31.2 Å². The number of anilines is 2. The van der Waals surface area contributed by atoms with Crippen LogP contribution in [0, 0.1) is 20.8 Å². The molecular weight excluding hydrogens is 376 g/mol. The lowest BCUT2D eigenvalue weighted by molar-refractivity contribution is -0.115. The Balaban J connectivity index is 2.08. The molecule has 2 N–H and O–H groups in total. The zero-order chi connectivity index (χ0) is 20.9. The summed E-state index contributed by atoms with van der Waals surface area (Å²) in [6.45, 7) is 7.32. The molecule has 0 aliphatic heterocycles. The molecule has 2 aromatic rings. The number of carbonyl (C=O) groups is 2. The van der Waals surface area contributed by atoms with Gasteiger partial charge in [0.15, 0.2) is 9.84 Å². The maximum atomic E-state index is 12.7. The van der Waals surface area contributed by atoms with Crippen LogP contribution in [0.15, 0.2) is 42.5 Å². The lowest BCUT2D eigenvalue weighted by Gasteiger charge is -2.16. The number of hydrogen-bond donors (Lipinski definition) is 2. The number of hydrogen-bond acceptors (Lipinski definition) is 4. The summed E-state index contributed by atoms with van der Waals surface area (Å²) in [5.41, 5.74) is 4.01. The number of sulfone groups is 1. The van der Waals surface area contributed by atoms with E-state index in [9.17, 15) is 18.0 Å². The normalized spacial score (nSPS) is 12.3. The van der Waals surface area contributed by atoms with Gasteiger partial charge in [0.25, 0.3) is 0 Å². The van der Waals surface area contributed by atoms with Crippen LogP contribution in [0.3, 0.4) is 0 Å². The molecule has 0 bridgehead atoms. The second-order valence-electron chi connectivity index (χ2n) is 6.98. The molecule has 0 aliphatic rings. The Morgan fingerprint density at radius 3 is 1.96 bits per heavy atom. The first-order valence-electron chi connectivity index (χ1n) is 9.08. The quantitative estimate of drug-likeness (QED) is 0.743.